The van der Waals surface area contributed by atoms with Gasteiger partial charge in [0.05, 0.1) is 26.4 Å². The minimum atomic E-state index is -0.506. The number of benzene rings is 2. The Bertz CT molecular complexity index is 772. The average molecular weight is 433 g/mol. The van der Waals surface area contributed by atoms with Gasteiger partial charge in [0.1, 0.15) is 29.5 Å². The first-order chi connectivity index (χ1) is 14.8. The average Bonchev–Trinajstić information content (AvgIpc) is 2.71. The van der Waals surface area contributed by atoms with Gasteiger partial charge in [-0.2, -0.15) is 0 Å². The third-order valence-corrected chi connectivity index (χ3v) is 3.72. The summed E-state index contributed by atoms with van der Waals surface area (Å²) in [5.74, 6) is 2.17. The third-order valence-electron chi connectivity index (χ3n) is 3.72. The van der Waals surface area contributed by atoms with Crippen molar-refractivity contribution < 1.29 is 28.5 Å². The number of alkyl carbamates (subject to hydrolysis) is 1. The quantitative estimate of drug-likeness (QED) is 0.386. The summed E-state index contributed by atoms with van der Waals surface area (Å²) >= 11 is 0. The van der Waals surface area contributed by atoms with Crippen molar-refractivity contribution in [1.29, 1.82) is 0 Å². The Hall–Kier alpha value is -2.97. The smallest absolute Gasteiger partial charge is 0.407 e. The molecule has 0 spiro atoms. The van der Waals surface area contributed by atoms with Crippen molar-refractivity contribution in [1.82, 2.24) is 5.32 Å². The number of amides is 1. The first-order valence-electron chi connectivity index (χ1n) is 10.2. The number of ether oxygens (including phenoxy) is 5. The maximum absolute atomic E-state index is 11.5. The largest absolute Gasteiger partial charge is 0.491 e. The fourth-order valence-corrected chi connectivity index (χ4v) is 2.36. The molecule has 2 aromatic rings. The minimum Gasteiger partial charge on any atom is -0.491 e. The molecule has 0 bridgehead atoms. The fraction of sp³-hybridized carbons (Fsp3) is 0.435. The molecule has 0 aliphatic rings. The van der Waals surface area contributed by atoms with Crippen molar-refractivity contribution in [3.8, 4) is 17.2 Å². The van der Waals surface area contributed by atoms with Gasteiger partial charge in [-0.05, 0) is 69.3 Å². The summed E-state index contributed by atoms with van der Waals surface area (Å²) in [6.07, 6.45) is -0.450. The van der Waals surface area contributed by atoms with Crippen molar-refractivity contribution in [3.63, 3.8) is 0 Å². The minimum absolute atomic E-state index is 0.385. The van der Waals surface area contributed by atoms with Crippen LogP contribution in [-0.2, 0) is 14.2 Å². The van der Waals surface area contributed by atoms with Gasteiger partial charge in [0.25, 0.3) is 0 Å². The molecule has 0 unspecified atom stereocenters. The number of nitrogen functional groups attached to an aromatic ring is 1. The summed E-state index contributed by atoms with van der Waals surface area (Å²) in [4.78, 5) is 11.5. The second-order valence-corrected chi connectivity index (χ2v) is 7.64. The van der Waals surface area contributed by atoms with E-state index in [2.05, 4.69) is 5.32 Å². The van der Waals surface area contributed by atoms with E-state index >= 15 is 0 Å². The van der Waals surface area contributed by atoms with Crippen LogP contribution in [0.3, 0.4) is 0 Å². The van der Waals surface area contributed by atoms with Crippen LogP contribution in [0.25, 0.3) is 0 Å². The lowest BCUT2D eigenvalue weighted by Gasteiger charge is -2.19. The molecule has 8 nitrogen and oxygen atoms in total. The lowest BCUT2D eigenvalue weighted by molar-refractivity contribution is 0.0327. The number of hydrogen-bond acceptors (Lipinski definition) is 7. The van der Waals surface area contributed by atoms with Crippen LogP contribution in [0, 0.1) is 0 Å². The molecule has 0 atom stereocenters. The molecule has 3 N–H and O–H groups in total. The predicted octanol–water partition coefficient (Wildman–Crippen LogP) is 4.00. The molecule has 0 saturated carbocycles. The third kappa shape index (κ3) is 11.1. The van der Waals surface area contributed by atoms with E-state index in [0.29, 0.717) is 51.0 Å². The SMILES string of the molecule is CC(C)(C)OC(=O)NCCOCCOCCOc1ccc(Oc2ccc(N)cc2)cc1. The number of nitrogens with two attached hydrogens (primary N) is 1. The van der Waals surface area contributed by atoms with Gasteiger partial charge in [-0.1, -0.05) is 0 Å². The van der Waals surface area contributed by atoms with Gasteiger partial charge >= 0.3 is 6.09 Å². The van der Waals surface area contributed by atoms with Crippen molar-refractivity contribution in [2.24, 2.45) is 0 Å². The van der Waals surface area contributed by atoms with Gasteiger partial charge in [0.2, 0.25) is 0 Å². The van der Waals surface area contributed by atoms with Gasteiger partial charge < -0.3 is 34.7 Å². The predicted molar refractivity (Wildman–Crippen MR) is 119 cm³/mol. The highest BCUT2D eigenvalue weighted by atomic mass is 16.6. The molecule has 1 amide bonds. The molecule has 0 saturated heterocycles. The zero-order valence-corrected chi connectivity index (χ0v) is 18.4. The van der Waals surface area contributed by atoms with Crippen LogP contribution in [0.1, 0.15) is 20.8 Å². The molecular weight excluding hydrogens is 400 g/mol. The maximum Gasteiger partial charge on any atom is 0.407 e. The van der Waals surface area contributed by atoms with E-state index in [1.807, 2.05) is 57.2 Å². The molecule has 0 aliphatic carbocycles. The Morgan fingerprint density at radius 3 is 1.94 bits per heavy atom. The molecule has 31 heavy (non-hydrogen) atoms. The second-order valence-electron chi connectivity index (χ2n) is 7.64. The molecule has 0 heterocycles. The summed E-state index contributed by atoms with van der Waals surface area (Å²) in [6, 6.07) is 14.6. The van der Waals surface area contributed by atoms with Crippen molar-refractivity contribution >= 4 is 11.8 Å². The fourth-order valence-electron chi connectivity index (χ4n) is 2.36. The highest BCUT2D eigenvalue weighted by Gasteiger charge is 2.15. The number of carbonyl (C=O) groups is 1. The molecule has 2 rings (SSSR count). The summed E-state index contributed by atoms with van der Waals surface area (Å²) in [6.45, 7) is 7.99. The molecule has 0 radical (unpaired) electrons. The Balaban J connectivity index is 1.47. The zero-order chi connectivity index (χ0) is 22.5. The first-order valence-corrected chi connectivity index (χ1v) is 10.2. The monoisotopic (exact) mass is 432 g/mol. The Morgan fingerprint density at radius 1 is 0.806 bits per heavy atom. The van der Waals surface area contributed by atoms with Crippen LogP contribution in [0.4, 0.5) is 10.5 Å². The van der Waals surface area contributed by atoms with Gasteiger partial charge in [0, 0.05) is 12.2 Å². The van der Waals surface area contributed by atoms with Crippen molar-refractivity contribution in [2.45, 2.75) is 26.4 Å². The van der Waals surface area contributed by atoms with Gasteiger partial charge in [-0.25, -0.2) is 4.79 Å². The highest BCUT2D eigenvalue weighted by molar-refractivity contribution is 5.67. The topological polar surface area (TPSA) is 101 Å². The lowest BCUT2D eigenvalue weighted by atomic mass is 10.2. The number of hydrogen-bond donors (Lipinski definition) is 2. The van der Waals surface area contributed by atoms with Gasteiger partial charge in [-0.15, -0.1) is 0 Å². The van der Waals surface area contributed by atoms with Crippen LogP contribution in [-0.4, -0.2) is 51.3 Å². The summed E-state index contributed by atoms with van der Waals surface area (Å²) in [5.41, 5.74) is 5.85. The highest BCUT2D eigenvalue weighted by Crippen LogP contribution is 2.24. The van der Waals surface area contributed by atoms with Gasteiger partial charge in [-0.3, -0.25) is 0 Å². The Morgan fingerprint density at radius 2 is 1.32 bits per heavy atom. The number of nitrogens with one attached hydrogen (secondary N) is 1. The number of carbonyl (C=O) groups excluding carboxylic acids is 1. The van der Waals surface area contributed by atoms with E-state index in [0.717, 1.165) is 11.5 Å². The van der Waals surface area contributed by atoms with E-state index in [9.17, 15) is 4.79 Å². The molecule has 0 aliphatic heterocycles. The summed E-state index contributed by atoms with van der Waals surface area (Å²) in [5, 5.41) is 2.63. The Labute approximate surface area is 183 Å². The lowest BCUT2D eigenvalue weighted by Crippen LogP contribution is -2.34. The maximum atomic E-state index is 11.5. The molecule has 170 valence electrons. The Kier molecular flexibility index (Phi) is 9.93. The van der Waals surface area contributed by atoms with Gasteiger partial charge in [0.15, 0.2) is 0 Å². The first kappa shape index (κ1) is 24.3. The normalized spacial score (nSPS) is 11.1. The van der Waals surface area contributed by atoms with E-state index in [1.54, 1.807) is 12.1 Å². The molecule has 0 fully saturated rings. The number of anilines is 1. The summed E-state index contributed by atoms with van der Waals surface area (Å²) in [7, 11) is 0. The zero-order valence-electron chi connectivity index (χ0n) is 18.4. The van der Waals surface area contributed by atoms with E-state index < -0.39 is 11.7 Å². The van der Waals surface area contributed by atoms with E-state index in [4.69, 9.17) is 29.4 Å². The van der Waals surface area contributed by atoms with Crippen LogP contribution in [0.2, 0.25) is 0 Å². The number of rotatable bonds is 12. The molecular formula is C23H32N2O6. The van der Waals surface area contributed by atoms with Crippen molar-refractivity contribution in [3.05, 3.63) is 48.5 Å². The van der Waals surface area contributed by atoms with Crippen LogP contribution in [0.5, 0.6) is 17.2 Å². The molecule has 2 aromatic carbocycles. The van der Waals surface area contributed by atoms with Crippen LogP contribution in [0.15, 0.2) is 48.5 Å². The van der Waals surface area contributed by atoms with E-state index in [1.165, 1.54) is 0 Å². The van der Waals surface area contributed by atoms with Crippen molar-refractivity contribution in [2.75, 3.05) is 45.3 Å². The molecule has 8 heteroatoms. The second kappa shape index (κ2) is 12.7. The van der Waals surface area contributed by atoms with Crippen LogP contribution >= 0.6 is 0 Å². The standard InChI is InChI=1S/C23H32N2O6/c1-23(2,3)31-22(26)25-12-13-27-14-15-28-16-17-29-19-8-10-21(11-9-19)30-20-6-4-18(24)5-7-20/h4-11H,12-17,24H2,1-3H3,(H,25,26). The summed E-state index contributed by atoms with van der Waals surface area (Å²) < 4.78 is 27.4. The van der Waals surface area contributed by atoms with Crippen LogP contribution < -0.4 is 20.5 Å². The van der Waals surface area contributed by atoms with E-state index in [-0.39, 0.29) is 0 Å². The molecule has 0 aromatic heterocycles.